The molecule has 2 aromatic rings. The second-order valence-electron chi connectivity index (χ2n) is 5.75. The standard InChI is InChI=1S/C18H18N2O6S/c1-12-7-9-14(10-8-12)27(25,26)20-17(13-5-3-2-4-6-13)19-15(18(23)24)11-16(21)22/h2-10,15H,11H2,1H3,(H,19,20)(H,21,22)(H,23,24)/p-1/t15-/m1/s1. The molecular formula is C18H17N2O6S-. The smallest absolute Gasteiger partial charge is 0.328 e. The summed E-state index contributed by atoms with van der Waals surface area (Å²) in [6.07, 6.45) is -0.898. The van der Waals surface area contributed by atoms with Crippen molar-refractivity contribution >= 4 is 27.8 Å². The first-order valence-electron chi connectivity index (χ1n) is 7.88. The van der Waals surface area contributed by atoms with Crippen LogP contribution in [0.15, 0.2) is 59.5 Å². The normalized spacial score (nSPS) is 13.0. The SMILES string of the molecule is Cc1ccc(S(=O)(=O)NC(=[NH+][C@H](CC(=O)[O-])C(=O)[O-])c2ccccc2)cc1. The Morgan fingerprint density at radius 2 is 1.63 bits per heavy atom. The first kappa shape index (κ1) is 20.1. The molecule has 0 amide bonds. The van der Waals surface area contributed by atoms with E-state index in [1.807, 2.05) is 0 Å². The quantitative estimate of drug-likeness (QED) is 0.383. The van der Waals surface area contributed by atoms with Crippen molar-refractivity contribution in [1.29, 1.82) is 0 Å². The van der Waals surface area contributed by atoms with Gasteiger partial charge in [-0.3, -0.25) is 4.99 Å². The van der Waals surface area contributed by atoms with Crippen LogP contribution >= 0.6 is 0 Å². The van der Waals surface area contributed by atoms with E-state index < -0.39 is 34.4 Å². The van der Waals surface area contributed by atoms with Crippen LogP contribution in [0.25, 0.3) is 0 Å². The number of benzene rings is 2. The van der Waals surface area contributed by atoms with Crippen LogP contribution in [0.5, 0.6) is 0 Å². The Balaban J connectivity index is 2.47. The van der Waals surface area contributed by atoms with E-state index in [-0.39, 0.29) is 10.7 Å². The summed E-state index contributed by atoms with van der Waals surface area (Å²) >= 11 is 0. The number of hydrogen-bond acceptors (Lipinski definition) is 6. The largest absolute Gasteiger partial charge is 0.550 e. The Kier molecular flexibility index (Phi) is 6.30. The molecule has 2 N–H and O–H groups in total. The molecule has 0 unspecified atom stereocenters. The Hall–Kier alpha value is -3.20. The van der Waals surface area contributed by atoms with Gasteiger partial charge in [-0.2, -0.15) is 13.1 Å². The number of amidine groups is 1. The lowest BCUT2D eigenvalue weighted by molar-refractivity contribution is -0.508. The Morgan fingerprint density at radius 3 is 2.15 bits per heavy atom. The van der Waals surface area contributed by atoms with Gasteiger partial charge in [-0.1, -0.05) is 35.9 Å². The zero-order chi connectivity index (χ0) is 20.0. The summed E-state index contributed by atoms with van der Waals surface area (Å²) in [5, 5.41) is 22.0. The van der Waals surface area contributed by atoms with E-state index >= 15 is 0 Å². The minimum atomic E-state index is -4.05. The summed E-state index contributed by atoms with van der Waals surface area (Å²) in [4.78, 5) is 24.3. The van der Waals surface area contributed by atoms with Crippen LogP contribution in [0.4, 0.5) is 0 Å². The molecule has 2 aromatic carbocycles. The molecule has 0 bridgehead atoms. The Morgan fingerprint density at radius 1 is 1.04 bits per heavy atom. The van der Waals surface area contributed by atoms with Crippen LogP contribution in [0.2, 0.25) is 0 Å². The summed E-state index contributed by atoms with van der Waals surface area (Å²) in [6.45, 7) is 1.80. The van der Waals surface area contributed by atoms with Gasteiger partial charge in [0.2, 0.25) is 0 Å². The zero-order valence-electron chi connectivity index (χ0n) is 14.3. The van der Waals surface area contributed by atoms with Gasteiger partial charge in [0.05, 0.1) is 11.5 Å². The van der Waals surface area contributed by atoms with Crippen molar-refractivity contribution in [2.24, 2.45) is 0 Å². The van der Waals surface area contributed by atoms with Crippen LogP contribution in [0.3, 0.4) is 0 Å². The van der Waals surface area contributed by atoms with Gasteiger partial charge in [-0.15, -0.1) is 0 Å². The third-order valence-corrected chi connectivity index (χ3v) is 4.97. The molecule has 1 atom stereocenters. The number of carboxylic acid groups (broad SMARTS) is 2. The number of carbonyl (C=O) groups excluding carboxylic acids is 2. The zero-order valence-corrected chi connectivity index (χ0v) is 15.2. The van der Waals surface area contributed by atoms with E-state index in [1.54, 1.807) is 37.3 Å². The van der Waals surface area contributed by atoms with Gasteiger partial charge in [0.15, 0.2) is 0 Å². The highest BCUT2D eigenvalue weighted by Crippen LogP contribution is 2.10. The average molecular weight is 389 g/mol. The predicted molar refractivity (Wildman–Crippen MR) is 91.4 cm³/mol. The number of hydrogen-bond donors (Lipinski definition) is 2. The van der Waals surface area contributed by atoms with Crippen molar-refractivity contribution in [3.8, 4) is 0 Å². The second-order valence-corrected chi connectivity index (χ2v) is 7.43. The van der Waals surface area contributed by atoms with Crippen molar-refractivity contribution in [2.45, 2.75) is 24.3 Å². The monoisotopic (exact) mass is 389 g/mol. The van der Waals surface area contributed by atoms with Crippen molar-refractivity contribution in [1.82, 2.24) is 4.72 Å². The highest BCUT2D eigenvalue weighted by Gasteiger charge is 2.25. The van der Waals surface area contributed by atoms with Gasteiger partial charge in [-0.05, 0) is 31.2 Å². The average Bonchev–Trinajstić information content (AvgIpc) is 2.61. The summed E-state index contributed by atoms with van der Waals surface area (Å²) in [6, 6.07) is 12.3. The van der Waals surface area contributed by atoms with Crippen molar-refractivity contribution in [3.05, 3.63) is 65.7 Å². The second kappa shape index (κ2) is 8.45. The molecule has 2 rings (SSSR count). The van der Waals surface area contributed by atoms with E-state index in [0.717, 1.165) is 5.56 Å². The van der Waals surface area contributed by atoms with Crippen LogP contribution in [-0.4, -0.2) is 32.2 Å². The van der Waals surface area contributed by atoms with E-state index in [1.165, 1.54) is 24.3 Å². The number of nitrogens with one attached hydrogen (secondary N) is 2. The maximum absolute atomic E-state index is 12.6. The molecule has 0 fully saturated rings. The molecule has 8 nitrogen and oxygen atoms in total. The maximum atomic E-state index is 12.6. The number of aliphatic carboxylic acids is 2. The fourth-order valence-electron chi connectivity index (χ4n) is 2.22. The van der Waals surface area contributed by atoms with Gasteiger partial charge in [-0.25, -0.2) is 0 Å². The number of carbonyl (C=O) groups is 2. The fourth-order valence-corrected chi connectivity index (χ4v) is 3.28. The summed E-state index contributed by atoms with van der Waals surface area (Å²) < 4.78 is 27.6. The summed E-state index contributed by atoms with van der Waals surface area (Å²) in [7, 11) is -4.05. The van der Waals surface area contributed by atoms with Crippen LogP contribution in [0, 0.1) is 6.92 Å². The van der Waals surface area contributed by atoms with Crippen LogP contribution < -0.4 is 19.9 Å². The van der Waals surface area contributed by atoms with Gasteiger partial charge < -0.3 is 19.8 Å². The lowest BCUT2D eigenvalue weighted by Gasteiger charge is -2.14. The molecule has 0 aliphatic carbocycles. The van der Waals surface area contributed by atoms with Crippen molar-refractivity contribution < 1.29 is 33.2 Å². The number of carboxylic acids is 2. The maximum Gasteiger partial charge on any atom is 0.328 e. The number of aryl methyl sites for hydroxylation is 1. The van der Waals surface area contributed by atoms with Crippen LogP contribution in [0.1, 0.15) is 17.5 Å². The predicted octanol–water partition coefficient (Wildman–Crippen LogP) is -2.94. The highest BCUT2D eigenvalue weighted by atomic mass is 32.2. The Labute approximate surface area is 156 Å². The van der Waals surface area contributed by atoms with Gasteiger partial charge >= 0.3 is 10.0 Å². The highest BCUT2D eigenvalue weighted by molar-refractivity contribution is 7.90. The third-order valence-electron chi connectivity index (χ3n) is 3.60. The van der Waals surface area contributed by atoms with E-state index in [9.17, 15) is 28.2 Å². The topological polar surface area (TPSA) is 140 Å². The molecule has 27 heavy (non-hydrogen) atoms. The molecule has 0 spiro atoms. The van der Waals surface area contributed by atoms with E-state index in [2.05, 4.69) is 9.71 Å². The fraction of sp³-hybridized carbons (Fsp3) is 0.167. The summed E-state index contributed by atoms with van der Waals surface area (Å²) in [5.41, 5.74) is 1.18. The molecule has 0 aromatic heterocycles. The molecule has 0 heterocycles. The van der Waals surface area contributed by atoms with Crippen molar-refractivity contribution in [2.75, 3.05) is 0 Å². The number of rotatable bonds is 7. The molecule has 0 saturated heterocycles. The molecule has 0 aliphatic rings. The van der Waals surface area contributed by atoms with Gasteiger partial charge in [0.1, 0.15) is 10.9 Å². The first-order valence-corrected chi connectivity index (χ1v) is 9.36. The first-order chi connectivity index (χ1) is 12.7. The molecule has 9 heteroatoms. The lowest BCUT2D eigenvalue weighted by atomic mass is 10.2. The molecule has 142 valence electrons. The minimum absolute atomic E-state index is 0.0340. The lowest BCUT2D eigenvalue weighted by Crippen LogP contribution is -2.86. The van der Waals surface area contributed by atoms with E-state index in [4.69, 9.17) is 0 Å². The van der Waals surface area contributed by atoms with Gasteiger partial charge in [0, 0.05) is 12.4 Å². The molecular weight excluding hydrogens is 372 g/mol. The van der Waals surface area contributed by atoms with Gasteiger partial charge in [0.25, 0.3) is 5.84 Å². The third kappa shape index (κ3) is 5.65. The van der Waals surface area contributed by atoms with Crippen LogP contribution in [-0.2, 0) is 19.6 Å². The van der Waals surface area contributed by atoms with E-state index in [0.29, 0.717) is 5.56 Å². The Bertz CT molecular complexity index is 953. The molecule has 0 aliphatic heterocycles. The summed E-state index contributed by atoms with van der Waals surface area (Å²) in [5.74, 6) is -3.51. The minimum Gasteiger partial charge on any atom is -0.550 e. The number of sulfonamides is 1. The molecule has 0 radical (unpaired) electrons. The molecule has 0 saturated carbocycles. The van der Waals surface area contributed by atoms with Crippen molar-refractivity contribution in [3.63, 3.8) is 0 Å².